The molecule has 0 saturated heterocycles. The average Bonchev–Trinajstić information content (AvgIpc) is 3.00. The van der Waals surface area contributed by atoms with Crippen molar-refractivity contribution >= 4 is 11.6 Å². The van der Waals surface area contributed by atoms with Crippen LogP contribution < -0.4 is 5.32 Å². The number of anilines is 1. The van der Waals surface area contributed by atoms with Gasteiger partial charge in [0.15, 0.2) is 5.82 Å². The second-order valence-corrected chi connectivity index (χ2v) is 5.47. The van der Waals surface area contributed by atoms with Gasteiger partial charge in [-0.05, 0) is 54.6 Å². The van der Waals surface area contributed by atoms with E-state index < -0.39 is 17.8 Å². The fourth-order valence-corrected chi connectivity index (χ4v) is 2.34. The minimum absolute atomic E-state index is 0.00944. The van der Waals surface area contributed by atoms with Gasteiger partial charge in [0.1, 0.15) is 5.69 Å². The first-order chi connectivity index (χ1) is 12.3. The van der Waals surface area contributed by atoms with Crippen LogP contribution in [-0.4, -0.2) is 31.1 Å². The Kier molecular flexibility index (Phi) is 4.41. The molecule has 0 atom stereocenters. The monoisotopic (exact) mass is 362 g/mol. The Morgan fingerprint density at radius 3 is 2.54 bits per heavy atom. The van der Waals surface area contributed by atoms with Crippen molar-refractivity contribution in [1.82, 2.24) is 25.2 Å². The van der Waals surface area contributed by atoms with Crippen LogP contribution in [0.4, 0.5) is 18.9 Å². The number of carbonyl (C=O) groups is 1. The van der Waals surface area contributed by atoms with Gasteiger partial charge in [0.2, 0.25) is 0 Å². The van der Waals surface area contributed by atoms with E-state index in [1.807, 2.05) is 0 Å². The third-order valence-electron chi connectivity index (χ3n) is 3.59. The van der Waals surface area contributed by atoms with Crippen LogP contribution in [0.3, 0.4) is 0 Å². The highest BCUT2D eigenvalue weighted by molar-refractivity contribution is 6.05. The maximum atomic E-state index is 12.7. The van der Waals surface area contributed by atoms with Gasteiger partial charge in [0, 0.05) is 5.69 Å². The SMILES string of the molecule is Cc1nc(C(F)(F)F)ccc1C(=O)Nc1cccc(-n2nnnc2C)c1. The second-order valence-electron chi connectivity index (χ2n) is 5.47. The zero-order valence-corrected chi connectivity index (χ0v) is 13.7. The standard InChI is InChI=1S/C16H13F3N6O/c1-9-13(6-7-14(20-9)16(17,18)19)15(26)21-11-4-3-5-12(8-11)25-10(2)22-23-24-25/h3-8H,1-2H3,(H,21,26). The second kappa shape index (κ2) is 6.54. The zero-order valence-electron chi connectivity index (χ0n) is 13.7. The number of rotatable bonds is 3. The van der Waals surface area contributed by atoms with Crippen LogP contribution in [-0.2, 0) is 6.18 Å². The molecule has 3 rings (SSSR count). The molecule has 0 bridgehead atoms. The molecule has 26 heavy (non-hydrogen) atoms. The van der Waals surface area contributed by atoms with Crippen molar-refractivity contribution in [2.75, 3.05) is 5.32 Å². The van der Waals surface area contributed by atoms with Crippen molar-refractivity contribution < 1.29 is 18.0 Å². The lowest BCUT2D eigenvalue weighted by Crippen LogP contribution is -2.16. The van der Waals surface area contributed by atoms with Gasteiger partial charge in [-0.2, -0.15) is 17.9 Å². The summed E-state index contributed by atoms with van der Waals surface area (Å²) in [5, 5.41) is 13.8. The van der Waals surface area contributed by atoms with Gasteiger partial charge in [0.25, 0.3) is 5.91 Å². The average molecular weight is 362 g/mol. The van der Waals surface area contributed by atoms with Crippen molar-refractivity contribution in [1.29, 1.82) is 0 Å². The molecule has 1 N–H and O–H groups in total. The number of aryl methyl sites for hydroxylation is 2. The predicted molar refractivity (Wildman–Crippen MR) is 85.8 cm³/mol. The van der Waals surface area contributed by atoms with Crippen LogP contribution in [0.2, 0.25) is 0 Å². The van der Waals surface area contributed by atoms with E-state index in [1.165, 1.54) is 11.6 Å². The Morgan fingerprint density at radius 2 is 1.92 bits per heavy atom. The Bertz CT molecular complexity index is 967. The predicted octanol–water partition coefficient (Wildman–Crippen LogP) is 2.95. The van der Waals surface area contributed by atoms with E-state index in [9.17, 15) is 18.0 Å². The number of halogens is 3. The summed E-state index contributed by atoms with van der Waals surface area (Å²) >= 11 is 0. The number of carbonyl (C=O) groups excluding carboxylic acids is 1. The highest BCUT2D eigenvalue weighted by Crippen LogP contribution is 2.28. The lowest BCUT2D eigenvalue weighted by atomic mass is 10.1. The van der Waals surface area contributed by atoms with Gasteiger partial charge in [-0.1, -0.05) is 6.07 Å². The number of hydrogen-bond acceptors (Lipinski definition) is 5. The van der Waals surface area contributed by atoms with E-state index in [4.69, 9.17) is 0 Å². The molecule has 7 nitrogen and oxygen atoms in total. The highest BCUT2D eigenvalue weighted by atomic mass is 19.4. The first-order valence-corrected chi connectivity index (χ1v) is 7.47. The number of amides is 1. The van der Waals surface area contributed by atoms with Crippen LogP contribution in [0.25, 0.3) is 5.69 Å². The summed E-state index contributed by atoms with van der Waals surface area (Å²) in [5.41, 5.74) is 0.0868. The molecule has 0 saturated carbocycles. The third kappa shape index (κ3) is 3.53. The molecular weight excluding hydrogens is 349 g/mol. The molecule has 0 fully saturated rings. The van der Waals surface area contributed by atoms with Crippen molar-refractivity contribution in [3.63, 3.8) is 0 Å². The summed E-state index contributed by atoms with van der Waals surface area (Å²) in [7, 11) is 0. The molecule has 0 aliphatic heterocycles. The molecule has 0 spiro atoms. The molecule has 10 heteroatoms. The lowest BCUT2D eigenvalue weighted by molar-refractivity contribution is -0.141. The van der Waals surface area contributed by atoms with Crippen LogP contribution in [0.15, 0.2) is 36.4 Å². The maximum Gasteiger partial charge on any atom is 0.433 e. The van der Waals surface area contributed by atoms with Crippen LogP contribution in [0.5, 0.6) is 0 Å². The maximum absolute atomic E-state index is 12.7. The van der Waals surface area contributed by atoms with Crippen LogP contribution >= 0.6 is 0 Å². The Morgan fingerprint density at radius 1 is 1.15 bits per heavy atom. The normalized spacial score (nSPS) is 11.4. The van der Waals surface area contributed by atoms with E-state index in [1.54, 1.807) is 31.2 Å². The van der Waals surface area contributed by atoms with Gasteiger partial charge >= 0.3 is 6.18 Å². The number of pyridine rings is 1. The zero-order chi connectivity index (χ0) is 18.9. The third-order valence-corrected chi connectivity index (χ3v) is 3.59. The molecule has 2 aromatic heterocycles. The van der Waals surface area contributed by atoms with Crippen molar-refractivity contribution in [3.8, 4) is 5.69 Å². The minimum Gasteiger partial charge on any atom is -0.322 e. The molecule has 0 unspecified atom stereocenters. The molecule has 134 valence electrons. The van der Waals surface area contributed by atoms with Gasteiger partial charge in [-0.15, -0.1) is 5.10 Å². The van der Waals surface area contributed by atoms with Crippen LogP contribution in [0.1, 0.15) is 27.6 Å². The summed E-state index contributed by atoms with van der Waals surface area (Å²) in [6.45, 7) is 3.08. The quantitative estimate of drug-likeness (QED) is 0.774. The summed E-state index contributed by atoms with van der Waals surface area (Å²) < 4.78 is 39.5. The number of alkyl halides is 3. The molecule has 0 aliphatic rings. The molecule has 0 radical (unpaired) electrons. The van der Waals surface area contributed by atoms with Crippen LogP contribution in [0, 0.1) is 13.8 Å². The first kappa shape index (κ1) is 17.5. The number of nitrogens with one attached hydrogen (secondary N) is 1. The van der Waals surface area contributed by atoms with Gasteiger partial charge in [0.05, 0.1) is 16.9 Å². The summed E-state index contributed by atoms with van der Waals surface area (Å²) in [4.78, 5) is 15.8. The Balaban J connectivity index is 1.84. The summed E-state index contributed by atoms with van der Waals surface area (Å²) in [6.07, 6.45) is -4.56. The van der Waals surface area contributed by atoms with Crippen molar-refractivity contribution in [2.24, 2.45) is 0 Å². The van der Waals surface area contributed by atoms with Crippen molar-refractivity contribution in [2.45, 2.75) is 20.0 Å². The lowest BCUT2D eigenvalue weighted by Gasteiger charge is -2.11. The summed E-state index contributed by atoms with van der Waals surface area (Å²) in [6, 6.07) is 8.63. The van der Waals surface area contributed by atoms with E-state index in [2.05, 4.69) is 25.8 Å². The van der Waals surface area contributed by atoms with Gasteiger partial charge in [-0.3, -0.25) is 4.79 Å². The smallest absolute Gasteiger partial charge is 0.322 e. The Labute approximate surface area is 145 Å². The molecular formula is C16H13F3N6O. The topological polar surface area (TPSA) is 85.6 Å². The fourth-order valence-electron chi connectivity index (χ4n) is 2.34. The molecule has 1 amide bonds. The minimum atomic E-state index is -4.56. The first-order valence-electron chi connectivity index (χ1n) is 7.47. The largest absolute Gasteiger partial charge is 0.433 e. The number of tetrazole rings is 1. The number of nitrogens with zero attached hydrogens (tertiary/aromatic N) is 5. The molecule has 0 aliphatic carbocycles. The summed E-state index contributed by atoms with van der Waals surface area (Å²) in [5.74, 6) is 0.00516. The van der Waals surface area contributed by atoms with E-state index in [0.717, 1.165) is 12.1 Å². The van der Waals surface area contributed by atoms with E-state index >= 15 is 0 Å². The van der Waals surface area contributed by atoms with E-state index in [-0.39, 0.29) is 11.3 Å². The Hall–Kier alpha value is -3.30. The number of aromatic nitrogens is 5. The van der Waals surface area contributed by atoms with Gasteiger partial charge < -0.3 is 5.32 Å². The van der Waals surface area contributed by atoms with E-state index in [0.29, 0.717) is 17.2 Å². The molecule has 2 heterocycles. The van der Waals surface area contributed by atoms with Gasteiger partial charge in [-0.25, -0.2) is 4.98 Å². The number of benzene rings is 1. The highest BCUT2D eigenvalue weighted by Gasteiger charge is 2.33. The number of hydrogen-bond donors (Lipinski definition) is 1. The van der Waals surface area contributed by atoms with Crippen molar-refractivity contribution in [3.05, 3.63) is 59.2 Å². The molecule has 3 aromatic rings. The fraction of sp³-hybridized carbons (Fsp3) is 0.188. The molecule has 1 aromatic carbocycles.